The molecule has 0 N–H and O–H groups in total. The number of para-hydroxylation sites is 1. The molecule has 0 aliphatic carbocycles. The van der Waals surface area contributed by atoms with Crippen molar-refractivity contribution in [1.29, 1.82) is 0 Å². The van der Waals surface area contributed by atoms with Crippen molar-refractivity contribution in [3.63, 3.8) is 0 Å². The Morgan fingerprint density at radius 1 is 1.00 bits per heavy atom. The molecule has 5 nitrogen and oxygen atoms in total. The summed E-state index contributed by atoms with van der Waals surface area (Å²) in [5.41, 5.74) is 6.12. The molecule has 2 unspecified atom stereocenters. The van der Waals surface area contributed by atoms with Crippen molar-refractivity contribution in [1.82, 2.24) is 9.47 Å². The highest BCUT2D eigenvalue weighted by molar-refractivity contribution is 5.91. The van der Waals surface area contributed by atoms with Crippen LogP contribution in [0.2, 0.25) is 0 Å². The number of nitrogens with zero attached hydrogens (tertiary/aromatic N) is 3. The number of hydrogen-bond acceptors (Lipinski definition) is 2. The lowest BCUT2D eigenvalue weighted by atomic mass is 9.84. The highest BCUT2D eigenvalue weighted by Crippen LogP contribution is 2.43. The van der Waals surface area contributed by atoms with Crippen molar-refractivity contribution in [2.75, 3.05) is 11.4 Å². The molecule has 1 fully saturated rings. The molecular weight excluding hydrogens is 494 g/mol. The Morgan fingerprint density at radius 2 is 1.75 bits per heavy atom. The van der Waals surface area contributed by atoms with Crippen LogP contribution in [0.4, 0.5) is 11.4 Å². The minimum absolute atomic E-state index is 0.0568. The molecule has 4 aromatic rings. The molecule has 2 amide bonds. The first-order valence-corrected chi connectivity index (χ1v) is 14.4. The number of anilines is 2. The van der Waals surface area contributed by atoms with Crippen LogP contribution in [-0.2, 0) is 16.6 Å². The van der Waals surface area contributed by atoms with Crippen molar-refractivity contribution in [2.24, 2.45) is 18.4 Å². The Balaban J connectivity index is 1.50. The van der Waals surface area contributed by atoms with Gasteiger partial charge in [-0.1, -0.05) is 77.1 Å². The number of aryl methyl sites for hydroxylation is 1. The van der Waals surface area contributed by atoms with E-state index in [1.807, 2.05) is 30.3 Å². The van der Waals surface area contributed by atoms with Gasteiger partial charge in [-0.25, -0.2) is 0 Å². The Labute approximate surface area is 238 Å². The van der Waals surface area contributed by atoms with Crippen molar-refractivity contribution >= 4 is 34.6 Å². The fraction of sp³-hybridized carbons (Fsp3) is 0.371. The van der Waals surface area contributed by atoms with Gasteiger partial charge in [0.25, 0.3) is 0 Å². The predicted molar refractivity (Wildman–Crippen MR) is 165 cm³/mol. The first-order valence-electron chi connectivity index (χ1n) is 14.4. The van der Waals surface area contributed by atoms with Crippen LogP contribution in [-0.4, -0.2) is 34.4 Å². The summed E-state index contributed by atoms with van der Waals surface area (Å²) in [5.74, 6) is 0.678. The lowest BCUT2D eigenvalue weighted by Crippen LogP contribution is -2.42. The highest BCUT2D eigenvalue weighted by atomic mass is 16.2. The minimum atomic E-state index is -0.0568. The van der Waals surface area contributed by atoms with Gasteiger partial charge in [0.1, 0.15) is 0 Å². The molecule has 0 bridgehead atoms. The molecule has 0 saturated carbocycles. The lowest BCUT2D eigenvalue weighted by Gasteiger charge is -2.34. The summed E-state index contributed by atoms with van der Waals surface area (Å²) in [6.07, 6.45) is 4.41. The monoisotopic (exact) mass is 535 g/mol. The molecule has 1 aromatic heterocycles. The zero-order chi connectivity index (χ0) is 28.6. The van der Waals surface area contributed by atoms with Crippen molar-refractivity contribution in [3.8, 4) is 11.1 Å². The average molecular weight is 536 g/mol. The number of amides is 2. The van der Waals surface area contributed by atoms with Gasteiger partial charge in [-0.3, -0.25) is 14.5 Å². The van der Waals surface area contributed by atoms with E-state index in [9.17, 15) is 9.59 Å². The van der Waals surface area contributed by atoms with Gasteiger partial charge in [0, 0.05) is 49.4 Å². The number of fused-ring (bicyclic) bond motifs is 1. The molecular formula is C35H41N3O2. The van der Waals surface area contributed by atoms with E-state index >= 15 is 0 Å². The summed E-state index contributed by atoms with van der Waals surface area (Å²) in [5, 5.41) is 1.21. The van der Waals surface area contributed by atoms with E-state index in [0.29, 0.717) is 12.3 Å². The van der Waals surface area contributed by atoms with Crippen molar-refractivity contribution in [3.05, 3.63) is 84.6 Å². The van der Waals surface area contributed by atoms with E-state index in [1.54, 1.807) is 4.90 Å². The quantitative estimate of drug-likeness (QED) is 0.226. The zero-order valence-electron chi connectivity index (χ0n) is 24.6. The van der Waals surface area contributed by atoms with Crippen LogP contribution in [0.15, 0.2) is 79.0 Å². The van der Waals surface area contributed by atoms with E-state index in [1.165, 1.54) is 10.9 Å². The second kappa shape index (κ2) is 11.0. The molecule has 1 saturated heterocycles. The maximum Gasteiger partial charge on any atom is 0.223 e. The maximum atomic E-state index is 13.4. The summed E-state index contributed by atoms with van der Waals surface area (Å²) in [4.78, 5) is 29.9. The van der Waals surface area contributed by atoms with Gasteiger partial charge in [0.15, 0.2) is 0 Å². The zero-order valence-corrected chi connectivity index (χ0v) is 24.6. The third kappa shape index (κ3) is 5.42. The number of carbonyl (C=O) groups is 2. The number of aromatic nitrogens is 1. The fourth-order valence-electron chi connectivity index (χ4n) is 6.38. The van der Waals surface area contributed by atoms with Crippen LogP contribution in [0.1, 0.15) is 58.9 Å². The Bertz CT molecular complexity index is 1530. The van der Waals surface area contributed by atoms with Gasteiger partial charge in [-0.05, 0) is 70.2 Å². The topological polar surface area (TPSA) is 45.6 Å². The molecule has 1 aliphatic heterocycles. The normalized spacial score (nSPS) is 17.5. The second-order valence-electron chi connectivity index (χ2n) is 12.7. The number of hydrogen-bond donors (Lipinski definition) is 0. The number of carbonyl (C=O) groups excluding carboxylic acids is 2. The summed E-state index contributed by atoms with van der Waals surface area (Å²) in [6, 6.07) is 25.1. The van der Waals surface area contributed by atoms with Gasteiger partial charge in [-0.2, -0.15) is 0 Å². The first kappa shape index (κ1) is 27.7. The molecule has 0 spiro atoms. The van der Waals surface area contributed by atoms with Gasteiger partial charge in [0.2, 0.25) is 12.3 Å². The fourth-order valence-corrected chi connectivity index (χ4v) is 6.38. The van der Waals surface area contributed by atoms with Crippen LogP contribution in [0.3, 0.4) is 0 Å². The van der Waals surface area contributed by atoms with Gasteiger partial charge in [0.05, 0.1) is 5.69 Å². The van der Waals surface area contributed by atoms with Crippen molar-refractivity contribution in [2.45, 2.75) is 59.4 Å². The van der Waals surface area contributed by atoms with Crippen LogP contribution < -0.4 is 4.90 Å². The molecule has 40 heavy (non-hydrogen) atoms. The third-order valence-corrected chi connectivity index (χ3v) is 8.19. The third-order valence-electron chi connectivity index (χ3n) is 8.19. The molecule has 2 atom stereocenters. The molecule has 5 heteroatoms. The van der Waals surface area contributed by atoms with E-state index in [0.717, 1.165) is 47.4 Å². The van der Waals surface area contributed by atoms with Gasteiger partial charge >= 0.3 is 0 Å². The summed E-state index contributed by atoms with van der Waals surface area (Å²) in [6.45, 7) is 11.5. The van der Waals surface area contributed by atoms with Gasteiger partial charge < -0.3 is 9.47 Å². The molecule has 0 radical (unpaired) electrons. The SMILES string of the molecule is CC(C)C1C(c2ccccc2N(C=O)c2cccc(-c3ccc4ccn(C)c4c3)c2)CCN1C(=O)CC(C)(C)C. The number of likely N-dealkylation sites (tertiary alicyclic amines) is 1. The van der Waals surface area contributed by atoms with E-state index < -0.39 is 0 Å². The Morgan fingerprint density at radius 3 is 2.48 bits per heavy atom. The minimum Gasteiger partial charge on any atom is -0.351 e. The molecule has 1 aliphatic rings. The highest BCUT2D eigenvalue weighted by Gasteiger charge is 2.41. The van der Waals surface area contributed by atoms with E-state index in [2.05, 4.69) is 99.8 Å². The van der Waals surface area contributed by atoms with Gasteiger partial charge in [-0.15, -0.1) is 0 Å². The molecule has 3 aromatic carbocycles. The van der Waals surface area contributed by atoms with E-state index in [-0.39, 0.29) is 23.3 Å². The number of rotatable bonds is 7. The summed E-state index contributed by atoms with van der Waals surface area (Å²) < 4.78 is 2.12. The standard InChI is InChI=1S/C35H41N3O2/c1-24(2)34-30(17-19-37(34)33(40)22-35(3,4)5)29-12-7-8-13-31(29)38(23-39)28-11-9-10-26(20-28)27-15-14-25-16-18-36(6)32(25)21-27/h7-16,18,20-21,23-24,30,34H,17,19,22H2,1-6H3. The largest absolute Gasteiger partial charge is 0.351 e. The van der Waals surface area contributed by atoms with Crippen LogP contribution in [0.25, 0.3) is 22.0 Å². The molecule has 208 valence electrons. The first-order chi connectivity index (χ1) is 19.1. The van der Waals surface area contributed by atoms with E-state index in [4.69, 9.17) is 0 Å². The molecule has 5 rings (SSSR count). The van der Waals surface area contributed by atoms with Crippen LogP contribution in [0, 0.1) is 11.3 Å². The average Bonchev–Trinajstić information content (AvgIpc) is 3.53. The summed E-state index contributed by atoms with van der Waals surface area (Å²) >= 11 is 0. The van der Waals surface area contributed by atoms with Crippen molar-refractivity contribution < 1.29 is 9.59 Å². The predicted octanol–water partition coefficient (Wildman–Crippen LogP) is 7.92. The summed E-state index contributed by atoms with van der Waals surface area (Å²) in [7, 11) is 2.05. The van der Waals surface area contributed by atoms with Crippen LogP contribution in [0.5, 0.6) is 0 Å². The lowest BCUT2D eigenvalue weighted by molar-refractivity contribution is -0.134. The Hall–Kier alpha value is -3.86. The number of benzene rings is 3. The maximum absolute atomic E-state index is 13.4. The Kier molecular flexibility index (Phi) is 7.59. The smallest absolute Gasteiger partial charge is 0.223 e. The second-order valence-corrected chi connectivity index (χ2v) is 12.7. The van der Waals surface area contributed by atoms with Crippen LogP contribution >= 0.6 is 0 Å². The molecule has 2 heterocycles.